The van der Waals surface area contributed by atoms with E-state index in [2.05, 4.69) is 10.2 Å². The molecular formula is C25H18N2O3. The molecule has 0 spiro atoms. The van der Waals surface area contributed by atoms with E-state index in [0.29, 0.717) is 17.2 Å². The summed E-state index contributed by atoms with van der Waals surface area (Å²) in [5.74, 6) is 0.986. The summed E-state index contributed by atoms with van der Waals surface area (Å²) in [4.78, 5) is 12.3. The van der Waals surface area contributed by atoms with Crippen LogP contribution in [-0.2, 0) is 0 Å². The van der Waals surface area contributed by atoms with Gasteiger partial charge in [-0.25, -0.2) is 4.79 Å². The van der Waals surface area contributed by atoms with Gasteiger partial charge in [-0.2, -0.15) is 5.10 Å². The number of rotatable bonds is 3. The number of hydrogen-bond donors (Lipinski definition) is 0. The van der Waals surface area contributed by atoms with E-state index < -0.39 is 5.63 Å². The predicted molar refractivity (Wildman–Crippen MR) is 117 cm³/mol. The highest BCUT2D eigenvalue weighted by Gasteiger charge is 2.15. The first-order chi connectivity index (χ1) is 14.6. The fourth-order valence-electron chi connectivity index (χ4n) is 3.70. The van der Waals surface area contributed by atoms with Crippen molar-refractivity contribution >= 4 is 21.7 Å². The lowest BCUT2D eigenvalue weighted by Crippen LogP contribution is -2.01. The Balaban J connectivity index is 1.67. The summed E-state index contributed by atoms with van der Waals surface area (Å²) in [6.07, 6.45) is 0. The molecule has 146 valence electrons. The zero-order valence-corrected chi connectivity index (χ0v) is 16.5. The van der Waals surface area contributed by atoms with E-state index in [4.69, 9.17) is 9.15 Å². The second-order valence-electron chi connectivity index (χ2n) is 7.15. The third-order valence-electron chi connectivity index (χ3n) is 5.24. The Morgan fingerprint density at radius 3 is 2.33 bits per heavy atom. The Bertz CT molecular complexity index is 1460. The van der Waals surface area contributed by atoms with Crippen molar-refractivity contribution in [2.75, 3.05) is 0 Å². The topological polar surface area (TPSA) is 65.2 Å². The maximum Gasteiger partial charge on any atom is 0.336 e. The molecule has 0 radical (unpaired) electrons. The smallest absolute Gasteiger partial charge is 0.336 e. The molecule has 0 saturated carbocycles. The molecule has 30 heavy (non-hydrogen) atoms. The Labute approximate surface area is 172 Å². The fraction of sp³-hybridized carbons (Fsp3) is 0.0800. The monoisotopic (exact) mass is 394 g/mol. The highest BCUT2D eigenvalue weighted by molar-refractivity contribution is 5.96. The molecule has 5 aromatic rings. The summed E-state index contributed by atoms with van der Waals surface area (Å²) < 4.78 is 11.7. The van der Waals surface area contributed by atoms with Crippen molar-refractivity contribution in [2.45, 2.75) is 13.8 Å². The summed E-state index contributed by atoms with van der Waals surface area (Å²) in [5, 5.41) is 11.2. The zero-order chi connectivity index (χ0) is 20.7. The van der Waals surface area contributed by atoms with Crippen molar-refractivity contribution in [3.8, 4) is 22.8 Å². The van der Waals surface area contributed by atoms with E-state index in [1.807, 2.05) is 80.6 Å². The highest BCUT2D eigenvalue weighted by atomic mass is 16.5. The average molecular weight is 394 g/mol. The van der Waals surface area contributed by atoms with E-state index in [0.717, 1.165) is 38.5 Å². The second-order valence-corrected chi connectivity index (χ2v) is 7.15. The number of ether oxygens (including phenoxy) is 1. The number of aromatic nitrogens is 2. The van der Waals surface area contributed by atoms with E-state index in [1.54, 1.807) is 0 Å². The highest BCUT2D eigenvalue weighted by Crippen LogP contribution is 2.36. The summed E-state index contributed by atoms with van der Waals surface area (Å²) in [6, 6.07) is 22.9. The molecule has 0 saturated heterocycles. The van der Waals surface area contributed by atoms with E-state index >= 15 is 0 Å². The second kappa shape index (κ2) is 7.12. The molecule has 0 unspecified atom stereocenters. The Kier molecular flexibility index (Phi) is 4.29. The lowest BCUT2D eigenvalue weighted by atomic mass is 10.0. The molecule has 0 aliphatic heterocycles. The van der Waals surface area contributed by atoms with Crippen molar-refractivity contribution in [1.82, 2.24) is 10.2 Å². The molecule has 0 bridgehead atoms. The van der Waals surface area contributed by atoms with Crippen LogP contribution < -0.4 is 10.4 Å². The predicted octanol–water partition coefficient (Wildman–Crippen LogP) is 5.81. The van der Waals surface area contributed by atoms with Gasteiger partial charge in [0.05, 0.1) is 5.69 Å². The van der Waals surface area contributed by atoms with E-state index in [1.165, 1.54) is 6.07 Å². The first-order valence-electron chi connectivity index (χ1n) is 9.64. The molecule has 0 fully saturated rings. The van der Waals surface area contributed by atoms with Gasteiger partial charge in [0.25, 0.3) is 0 Å². The third-order valence-corrected chi connectivity index (χ3v) is 5.24. The SMILES string of the molecule is Cc1nnc(Oc2ccc3c(-c4ccccc4)cc(=O)oc3c2C)c2ccccc12. The molecule has 5 heteroatoms. The largest absolute Gasteiger partial charge is 0.437 e. The number of fused-ring (bicyclic) bond motifs is 2. The minimum absolute atomic E-state index is 0.401. The van der Waals surface area contributed by atoms with Gasteiger partial charge in [0.15, 0.2) is 0 Å². The fourth-order valence-corrected chi connectivity index (χ4v) is 3.70. The molecule has 5 nitrogen and oxygen atoms in total. The van der Waals surface area contributed by atoms with Crippen LogP contribution in [0, 0.1) is 13.8 Å². The number of nitrogens with zero attached hydrogens (tertiary/aromatic N) is 2. The van der Waals surface area contributed by atoms with Crippen LogP contribution in [0.1, 0.15) is 11.3 Å². The summed E-state index contributed by atoms with van der Waals surface area (Å²) >= 11 is 0. The summed E-state index contributed by atoms with van der Waals surface area (Å²) in [6.45, 7) is 3.79. The Morgan fingerprint density at radius 2 is 1.53 bits per heavy atom. The van der Waals surface area contributed by atoms with E-state index in [-0.39, 0.29) is 0 Å². The molecule has 0 N–H and O–H groups in total. The van der Waals surface area contributed by atoms with Gasteiger partial charge in [-0.1, -0.05) is 48.5 Å². The van der Waals surface area contributed by atoms with Gasteiger partial charge in [-0.05, 0) is 43.2 Å². The molecule has 0 aliphatic rings. The quantitative estimate of drug-likeness (QED) is 0.361. The molecule has 0 aliphatic carbocycles. The standard InChI is InChI=1S/C25H18N2O3/c1-15-22(29-25-20-11-7-6-10-18(20)16(2)26-27-25)13-12-19-21(14-23(28)30-24(15)19)17-8-4-3-5-9-17/h3-14H,1-2H3. The third kappa shape index (κ3) is 3.01. The van der Waals surface area contributed by atoms with Crippen LogP contribution >= 0.6 is 0 Å². The minimum atomic E-state index is -0.401. The molecule has 0 atom stereocenters. The van der Waals surface area contributed by atoms with Crippen LogP contribution in [0.2, 0.25) is 0 Å². The summed E-state index contributed by atoms with van der Waals surface area (Å²) in [5.41, 5.74) is 3.46. The first kappa shape index (κ1) is 18.1. The number of hydrogen-bond acceptors (Lipinski definition) is 5. The van der Waals surface area contributed by atoms with Gasteiger partial charge in [0.2, 0.25) is 5.88 Å². The molecule has 2 heterocycles. The summed E-state index contributed by atoms with van der Waals surface area (Å²) in [7, 11) is 0. The normalized spacial score (nSPS) is 11.1. The number of aryl methyl sites for hydroxylation is 2. The maximum absolute atomic E-state index is 12.3. The molecule has 0 amide bonds. The van der Waals surface area contributed by atoms with Crippen LogP contribution in [0.25, 0.3) is 32.9 Å². The Hall–Kier alpha value is -3.99. The first-order valence-corrected chi connectivity index (χ1v) is 9.64. The molecular weight excluding hydrogens is 376 g/mol. The van der Waals surface area contributed by atoms with Crippen LogP contribution in [0.15, 0.2) is 82.0 Å². The molecule has 2 aromatic heterocycles. The lowest BCUT2D eigenvalue weighted by molar-refractivity contribution is 0.456. The van der Waals surface area contributed by atoms with Crippen LogP contribution in [0.4, 0.5) is 0 Å². The number of benzene rings is 3. The molecule has 3 aromatic carbocycles. The average Bonchev–Trinajstić information content (AvgIpc) is 2.78. The zero-order valence-electron chi connectivity index (χ0n) is 16.5. The van der Waals surface area contributed by atoms with Crippen molar-refractivity contribution in [3.05, 3.63) is 94.5 Å². The van der Waals surface area contributed by atoms with Crippen molar-refractivity contribution in [1.29, 1.82) is 0 Å². The van der Waals surface area contributed by atoms with E-state index in [9.17, 15) is 4.79 Å². The van der Waals surface area contributed by atoms with Gasteiger partial charge in [0.1, 0.15) is 11.3 Å². The van der Waals surface area contributed by atoms with Gasteiger partial charge < -0.3 is 9.15 Å². The Morgan fingerprint density at radius 1 is 0.800 bits per heavy atom. The molecule has 5 rings (SSSR count). The maximum atomic E-state index is 12.3. The van der Waals surface area contributed by atoms with Crippen molar-refractivity contribution < 1.29 is 9.15 Å². The van der Waals surface area contributed by atoms with Crippen LogP contribution in [0.3, 0.4) is 0 Å². The van der Waals surface area contributed by atoms with Gasteiger partial charge >= 0.3 is 5.63 Å². The minimum Gasteiger partial charge on any atom is -0.437 e. The van der Waals surface area contributed by atoms with Crippen LogP contribution in [-0.4, -0.2) is 10.2 Å². The van der Waals surface area contributed by atoms with Crippen LogP contribution in [0.5, 0.6) is 11.6 Å². The van der Waals surface area contributed by atoms with Gasteiger partial charge in [0, 0.05) is 27.8 Å². The van der Waals surface area contributed by atoms with Gasteiger partial charge in [-0.3, -0.25) is 0 Å². The van der Waals surface area contributed by atoms with Gasteiger partial charge in [-0.15, -0.1) is 5.10 Å². The lowest BCUT2D eigenvalue weighted by Gasteiger charge is -2.13. The van der Waals surface area contributed by atoms with Crippen molar-refractivity contribution in [3.63, 3.8) is 0 Å². The van der Waals surface area contributed by atoms with Crippen molar-refractivity contribution in [2.24, 2.45) is 0 Å².